The molecule has 2 heterocycles. The van der Waals surface area contributed by atoms with Gasteiger partial charge in [0.1, 0.15) is 0 Å². The van der Waals surface area contributed by atoms with Crippen molar-refractivity contribution in [3.05, 3.63) is 22.4 Å². The summed E-state index contributed by atoms with van der Waals surface area (Å²) >= 11 is 1.81. The maximum atomic E-state index is 5.93. The van der Waals surface area contributed by atoms with Crippen LogP contribution >= 0.6 is 11.3 Å². The number of likely N-dealkylation sites (tertiary alicyclic amines) is 1. The molecule has 1 aliphatic heterocycles. The zero-order chi connectivity index (χ0) is 12.1. The smallest absolute Gasteiger partial charge is 0.0564 e. The monoisotopic (exact) mass is 254 g/mol. The third kappa shape index (κ3) is 3.28. The number of rotatable bonds is 5. The number of nitrogens with zero attached hydrogens (tertiary/aromatic N) is 1. The Morgan fingerprint density at radius 1 is 1.53 bits per heavy atom. The summed E-state index contributed by atoms with van der Waals surface area (Å²) in [6.07, 6.45) is 2.46. The second-order valence-corrected chi connectivity index (χ2v) is 5.68. The minimum atomic E-state index is 0.415. The molecule has 0 amide bonds. The van der Waals surface area contributed by atoms with Gasteiger partial charge in [-0.15, -0.1) is 11.3 Å². The summed E-state index contributed by atoms with van der Waals surface area (Å²) in [4.78, 5) is 3.93. The maximum absolute atomic E-state index is 5.93. The van der Waals surface area contributed by atoms with Gasteiger partial charge in [0, 0.05) is 25.1 Å². The van der Waals surface area contributed by atoms with Gasteiger partial charge >= 0.3 is 0 Å². The van der Waals surface area contributed by atoms with Crippen molar-refractivity contribution in [1.29, 1.82) is 0 Å². The van der Waals surface area contributed by atoms with Crippen molar-refractivity contribution in [2.45, 2.75) is 18.9 Å². The molecule has 1 aliphatic rings. The number of methoxy groups -OCH3 is 1. The molecule has 0 aliphatic carbocycles. The molecule has 0 spiro atoms. The van der Waals surface area contributed by atoms with E-state index in [1.165, 1.54) is 17.7 Å². The molecule has 0 bridgehead atoms. The minimum absolute atomic E-state index is 0.415. The summed E-state index contributed by atoms with van der Waals surface area (Å²) in [6, 6.07) is 4.72. The molecule has 1 saturated heterocycles. The number of hydrogen-bond donors (Lipinski definition) is 1. The van der Waals surface area contributed by atoms with Crippen LogP contribution in [0, 0.1) is 5.92 Å². The first-order valence-electron chi connectivity index (χ1n) is 6.31. The Morgan fingerprint density at radius 3 is 2.82 bits per heavy atom. The van der Waals surface area contributed by atoms with Crippen molar-refractivity contribution in [3.63, 3.8) is 0 Å². The maximum Gasteiger partial charge on any atom is 0.0564 e. The van der Waals surface area contributed by atoms with E-state index in [1.54, 1.807) is 7.11 Å². The topological polar surface area (TPSA) is 38.5 Å². The lowest BCUT2D eigenvalue weighted by Gasteiger charge is -2.36. The van der Waals surface area contributed by atoms with Gasteiger partial charge in [-0.2, -0.15) is 0 Å². The number of nitrogens with two attached hydrogens (primary N) is 1. The highest BCUT2D eigenvalue weighted by molar-refractivity contribution is 7.10. The Balaban J connectivity index is 1.90. The second-order valence-electron chi connectivity index (χ2n) is 4.70. The lowest BCUT2D eigenvalue weighted by Crippen LogP contribution is -2.40. The molecule has 1 fully saturated rings. The fraction of sp³-hybridized carbons (Fsp3) is 0.692. The zero-order valence-electron chi connectivity index (χ0n) is 10.5. The highest BCUT2D eigenvalue weighted by atomic mass is 32.1. The lowest BCUT2D eigenvalue weighted by molar-refractivity contribution is 0.0818. The van der Waals surface area contributed by atoms with Crippen LogP contribution in [-0.2, 0) is 4.74 Å². The van der Waals surface area contributed by atoms with E-state index in [4.69, 9.17) is 10.5 Å². The van der Waals surface area contributed by atoms with Crippen molar-refractivity contribution >= 4 is 11.3 Å². The van der Waals surface area contributed by atoms with E-state index in [9.17, 15) is 0 Å². The summed E-state index contributed by atoms with van der Waals surface area (Å²) in [6.45, 7) is 3.91. The quantitative estimate of drug-likeness (QED) is 0.874. The molecule has 3 nitrogen and oxygen atoms in total. The summed E-state index contributed by atoms with van der Waals surface area (Å²) in [5, 5.41) is 2.13. The van der Waals surface area contributed by atoms with Crippen LogP contribution in [-0.4, -0.2) is 38.3 Å². The molecule has 96 valence electrons. The van der Waals surface area contributed by atoms with Crippen molar-refractivity contribution in [3.8, 4) is 0 Å². The normalized spacial score (nSPS) is 20.6. The van der Waals surface area contributed by atoms with Crippen molar-refractivity contribution in [2.24, 2.45) is 11.7 Å². The van der Waals surface area contributed by atoms with Gasteiger partial charge in [0.25, 0.3) is 0 Å². The third-order valence-corrected chi connectivity index (χ3v) is 4.56. The molecule has 0 saturated carbocycles. The Morgan fingerprint density at radius 2 is 2.29 bits per heavy atom. The van der Waals surface area contributed by atoms with Crippen molar-refractivity contribution < 1.29 is 4.74 Å². The first-order chi connectivity index (χ1) is 8.35. The van der Waals surface area contributed by atoms with Gasteiger partial charge in [-0.25, -0.2) is 0 Å². The highest BCUT2D eigenvalue weighted by Crippen LogP contribution is 2.28. The van der Waals surface area contributed by atoms with Crippen LogP contribution < -0.4 is 5.73 Å². The molecule has 1 atom stereocenters. The predicted octanol–water partition coefficient (Wildman–Crippen LogP) is 2.11. The van der Waals surface area contributed by atoms with E-state index in [2.05, 4.69) is 22.4 Å². The Kier molecular flexibility index (Phi) is 4.98. The molecule has 0 aromatic carbocycles. The van der Waals surface area contributed by atoms with E-state index < -0.39 is 0 Å². The standard InChI is InChI=1S/C13H22N2OS/c1-16-10-11-4-6-15(7-5-11)12(9-14)13-3-2-8-17-13/h2-3,8,11-12H,4-7,9-10,14H2,1H3. The highest BCUT2D eigenvalue weighted by Gasteiger charge is 2.25. The number of thiophene rings is 1. The lowest BCUT2D eigenvalue weighted by atomic mass is 9.96. The van der Waals surface area contributed by atoms with E-state index >= 15 is 0 Å². The van der Waals surface area contributed by atoms with Crippen LogP contribution in [0.4, 0.5) is 0 Å². The predicted molar refractivity (Wildman–Crippen MR) is 72.3 cm³/mol. The van der Waals surface area contributed by atoms with Crippen LogP contribution in [0.1, 0.15) is 23.8 Å². The molecular formula is C13H22N2OS. The fourth-order valence-electron chi connectivity index (χ4n) is 2.59. The second kappa shape index (κ2) is 6.50. The van der Waals surface area contributed by atoms with Crippen LogP contribution in [0.25, 0.3) is 0 Å². The van der Waals surface area contributed by atoms with Crippen LogP contribution in [0.3, 0.4) is 0 Å². The van der Waals surface area contributed by atoms with E-state index in [0.29, 0.717) is 6.04 Å². The molecular weight excluding hydrogens is 232 g/mol. The number of piperidine rings is 1. The Hall–Kier alpha value is -0.420. The minimum Gasteiger partial charge on any atom is -0.384 e. The molecule has 2 N–H and O–H groups in total. The van der Waals surface area contributed by atoms with Gasteiger partial charge in [-0.05, 0) is 43.3 Å². The van der Waals surface area contributed by atoms with Crippen molar-refractivity contribution in [2.75, 3.05) is 33.4 Å². The van der Waals surface area contributed by atoms with Gasteiger partial charge in [0.05, 0.1) is 6.04 Å². The molecule has 1 aromatic rings. The van der Waals surface area contributed by atoms with Crippen LogP contribution in [0.5, 0.6) is 0 Å². The average molecular weight is 254 g/mol. The molecule has 1 unspecified atom stereocenters. The molecule has 1 aromatic heterocycles. The van der Waals surface area contributed by atoms with Gasteiger partial charge < -0.3 is 10.5 Å². The summed E-state index contributed by atoms with van der Waals surface area (Å²) < 4.78 is 5.23. The molecule has 0 radical (unpaired) electrons. The van der Waals surface area contributed by atoms with Crippen molar-refractivity contribution in [1.82, 2.24) is 4.90 Å². The third-order valence-electron chi connectivity index (χ3n) is 3.59. The van der Waals surface area contributed by atoms with E-state index in [0.717, 1.165) is 32.2 Å². The molecule has 17 heavy (non-hydrogen) atoms. The van der Waals surface area contributed by atoms with Gasteiger partial charge in [0.15, 0.2) is 0 Å². The van der Waals surface area contributed by atoms with Gasteiger partial charge in [-0.3, -0.25) is 4.90 Å². The Bertz CT molecular complexity index is 307. The average Bonchev–Trinajstić information content (AvgIpc) is 2.86. The first kappa shape index (κ1) is 13.0. The number of ether oxygens (including phenoxy) is 1. The first-order valence-corrected chi connectivity index (χ1v) is 7.19. The molecule has 4 heteroatoms. The van der Waals surface area contributed by atoms with E-state index in [-0.39, 0.29) is 0 Å². The largest absolute Gasteiger partial charge is 0.384 e. The van der Waals surface area contributed by atoms with Gasteiger partial charge in [0.2, 0.25) is 0 Å². The van der Waals surface area contributed by atoms with E-state index in [1.807, 2.05) is 11.3 Å². The fourth-order valence-corrected chi connectivity index (χ4v) is 3.47. The summed E-state index contributed by atoms with van der Waals surface area (Å²) in [5.41, 5.74) is 5.93. The zero-order valence-corrected chi connectivity index (χ0v) is 11.3. The molecule has 2 rings (SSSR count). The Labute approximate surface area is 108 Å². The summed E-state index contributed by atoms with van der Waals surface area (Å²) in [7, 11) is 1.79. The van der Waals surface area contributed by atoms with Crippen LogP contribution in [0.2, 0.25) is 0 Å². The summed E-state index contributed by atoms with van der Waals surface area (Å²) in [5.74, 6) is 0.734. The van der Waals surface area contributed by atoms with Gasteiger partial charge in [-0.1, -0.05) is 6.07 Å². The number of hydrogen-bond acceptors (Lipinski definition) is 4. The SMILES string of the molecule is COCC1CCN(C(CN)c2cccs2)CC1. The van der Waals surface area contributed by atoms with Crippen LogP contribution in [0.15, 0.2) is 17.5 Å².